The number of pyridine rings is 1. The van der Waals surface area contributed by atoms with Crippen molar-refractivity contribution in [2.75, 3.05) is 13.6 Å². The molecule has 5 heteroatoms. The van der Waals surface area contributed by atoms with E-state index in [1.165, 1.54) is 4.90 Å². The van der Waals surface area contributed by atoms with Crippen molar-refractivity contribution in [1.29, 1.82) is 0 Å². The molecule has 1 N–H and O–H groups in total. The van der Waals surface area contributed by atoms with Gasteiger partial charge in [0.25, 0.3) is 0 Å². The smallest absolute Gasteiger partial charge is 0.305 e. The molecular weight excluding hydrogens is 220 g/mol. The standard InChI is InChI=1S/C12H16N2O3/c1-9-3-4-10(8-13-9)7-11(15)14(2)6-5-12(16)17/h3-4,8H,5-7H2,1-2H3,(H,16,17). The van der Waals surface area contributed by atoms with Crippen molar-refractivity contribution < 1.29 is 14.7 Å². The van der Waals surface area contributed by atoms with Gasteiger partial charge in [-0.1, -0.05) is 6.07 Å². The van der Waals surface area contributed by atoms with E-state index in [0.29, 0.717) is 0 Å². The maximum atomic E-state index is 11.7. The second kappa shape index (κ2) is 5.98. The number of carboxylic acids is 1. The summed E-state index contributed by atoms with van der Waals surface area (Å²) in [5, 5.41) is 8.52. The van der Waals surface area contributed by atoms with Crippen LogP contribution in [0.25, 0.3) is 0 Å². The molecule has 0 aliphatic carbocycles. The number of likely N-dealkylation sites (N-methyl/N-ethyl adjacent to an activating group) is 1. The number of aromatic nitrogens is 1. The lowest BCUT2D eigenvalue weighted by Crippen LogP contribution is -2.30. The molecule has 17 heavy (non-hydrogen) atoms. The van der Waals surface area contributed by atoms with Crippen molar-refractivity contribution >= 4 is 11.9 Å². The van der Waals surface area contributed by atoms with Crippen LogP contribution in [-0.4, -0.2) is 40.5 Å². The summed E-state index contributed by atoms with van der Waals surface area (Å²) < 4.78 is 0. The number of amides is 1. The van der Waals surface area contributed by atoms with Gasteiger partial charge in [0.05, 0.1) is 12.8 Å². The van der Waals surface area contributed by atoms with Gasteiger partial charge in [-0.2, -0.15) is 0 Å². The van der Waals surface area contributed by atoms with Gasteiger partial charge < -0.3 is 10.0 Å². The second-order valence-corrected chi connectivity index (χ2v) is 3.94. The third-order valence-corrected chi connectivity index (χ3v) is 2.41. The molecule has 0 bridgehead atoms. The van der Waals surface area contributed by atoms with Crippen LogP contribution >= 0.6 is 0 Å². The van der Waals surface area contributed by atoms with Gasteiger partial charge in [-0.3, -0.25) is 14.6 Å². The fourth-order valence-electron chi connectivity index (χ4n) is 1.30. The minimum Gasteiger partial charge on any atom is -0.481 e. The maximum absolute atomic E-state index is 11.7. The predicted octanol–water partition coefficient (Wildman–Crippen LogP) is 0.866. The molecule has 0 radical (unpaired) electrons. The van der Waals surface area contributed by atoms with Gasteiger partial charge in [0.1, 0.15) is 0 Å². The Labute approximate surface area is 100 Å². The highest BCUT2D eigenvalue weighted by atomic mass is 16.4. The first kappa shape index (κ1) is 13.2. The van der Waals surface area contributed by atoms with Crippen LogP contribution in [0.3, 0.4) is 0 Å². The van der Waals surface area contributed by atoms with E-state index in [9.17, 15) is 9.59 Å². The number of hydrogen-bond donors (Lipinski definition) is 1. The average Bonchev–Trinajstić information content (AvgIpc) is 2.28. The van der Waals surface area contributed by atoms with E-state index in [2.05, 4.69) is 4.98 Å². The first-order valence-electron chi connectivity index (χ1n) is 5.36. The summed E-state index contributed by atoms with van der Waals surface area (Å²) in [6, 6.07) is 3.70. The van der Waals surface area contributed by atoms with Crippen molar-refractivity contribution in [3.8, 4) is 0 Å². The van der Waals surface area contributed by atoms with E-state index in [-0.39, 0.29) is 25.3 Å². The van der Waals surface area contributed by atoms with Crippen LogP contribution < -0.4 is 0 Å². The Morgan fingerprint density at radius 3 is 2.65 bits per heavy atom. The molecule has 5 nitrogen and oxygen atoms in total. The van der Waals surface area contributed by atoms with Gasteiger partial charge in [0.2, 0.25) is 5.91 Å². The van der Waals surface area contributed by atoms with Crippen LogP contribution in [0.4, 0.5) is 0 Å². The Hall–Kier alpha value is -1.91. The van der Waals surface area contributed by atoms with Crippen molar-refractivity contribution in [2.24, 2.45) is 0 Å². The summed E-state index contributed by atoms with van der Waals surface area (Å²) in [6.45, 7) is 2.11. The Morgan fingerprint density at radius 2 is 2.12 bits per heavy atom. The van der Waals surface area contributed by atoms with E-state index in [1.807, 2.05) is 19.1 Å². The third-order valence-electron chi connectivity index (χ3n) is 2.41. The molecule has 1 rings (SSSR count). The fraction of sp³-hybridized carbons (Fsp3) is 0.417. The van der Waals surface area contributed by atoms with E-state index in [1.54, 1.807) is 13.2 Å². The van der Waals surface area contributed by atoms with Gasteiger partial charge in [-0.05, 0) is 18.6 Å². The number of rotatable bonds is 5. The molecule has 0 atom stereocenters. The summed E-state index contributed by atoms with van der Waals surface area (Å²) >= 11 is 0. The quantitative estimate of drug-likeness (QED) is 0.823. The van der Waals surface area contributed by atoms with Gasteiger partial charge in [0.15, 0.2) is 0 Å². The Bertz CT molecular complexity index is 401. The van der Waals surface area contributed by atoms with E-state index in [4.69, 9.17) is 5.11 Å². The topological polar surface area (TPSA) is 70.5 Å². The molecule has 0 aliphatic heterocycles. The Kier molecular flexibility index (Phi) is 4.63. The van der Waals surface area contributed by atoms with Crippen LogP contribution in [0.15, 0.2) is 18.3 Å². The zero-order valence-electron chi connectivity index (χ0n) is 10.0. The molecule has 1 aromatic rings. The number of aliphatic carboxylic acids is 1. The molecule has 0 aromatic carbocycles. The van der Waals surface area contributed by atoms with Gasteiger partial charge in [-0.25, -0.2) is 0 Å². The molecule has 0 fully saturated rings. The summed E-state index contributed by atoms with van der Waals surface area (Å²) in [6.07, 6.45) is 1.88. The lowest BCUT2D eigenvalue weighted by atomic mass is 10.2. The van der Waals surface area contributed by atoms with E-state index >= 15 is 0 Å². The van der Waals surface area contributed by atoms with Crippen LogP contribution in [0, 0.1) is 6.92 Å². The lowest BCUT2D eigenvalue weighted by molar-refractivity contribution is -0.138. The van der Waals surface area contributed by atoms with Gasteiger partial charge in [0, 0.05) is 25.5 Å². The van der Waals surface area contributed by atoms with Gasteiger partial charge in [-0.15, -0.1) is 0 Å². The summed E-state index contributed by atoms with van der Waals surface area (Å²) in [5.41, 5.74) is 1.74. The highest BCUT2D eigenvalue weighted by molar-refractivity contribution is 5.79. The Morgan fingerprint density at radius 1 is 1.41 bits per heavy atom. The van der Waals surface area contributed by atoms with Crippen molar-refractivity contribution in [1.82, 2.24) is 9.88 Å². The molecule has 1 amide bonds. The van der Waals surface area contributed by atoms with Crippen LogP contribution in [0.1, 0.15) is 17.7 Å². The highest BCUT2D eigenvalue weighted by Gasteiger charge is 2.10. The van der Waals surface area contributed by atoms with Crippen LogP contribution in [0.5, 0.6) is 0 Å². The van der Waals surface area contributed by atoms with Crippen LogP contribution in [0.2, 0.25) is 0 Å². The lowest BCUT2D eigenvalue weighted by Gasteiger charge is -2.15. The van der Waals surface area contributed by atoms with Crippen molar-refractivity contribution in [3.63, 3.8) is 0 Å². The molecule has 1 heterocycles. The third kappa shape index (κ3) is 4.63. The maximum Gasteiger partial charge on any atom is 0.305 e. The van der Waals surface area contributed by atoms with Crippen molar-refractivity contribution in [2.45, 2.75) is 19.8 Å². The highest BCUT2D eigenvalue weighted by Crippen LogP contribution is 2.02. The van der Waals surface area contributed by atoms with E-state index < -0.39 is 5.97 Å². The monoisotopic (exact) mass is 236 g/mol. The molecule has 0 spiro atoms. The molecule has 92 valence electrons. The predicted molar refractivity (Wildman–Crippen MR) is 62.6 cm³/mol. The molecule has 0 saturated carbocycles. The first-order chi connectivity index (χ1) is 7.99. The normalized spacial score (nSPS) is 10.0. The van der Waals surface area contributed by atoms with Crippen molar-refractivity contribution in [3.05, 3.63) is 29.6 Å². The molecule has 0 unspecified atom stereocenters. The largest absolute Gasteiger partial charge is 0.481 e. The molecule has 0 saturated heterocycles. The summed E-state index contributed by atoms with van der Waals surface area (Å²) in [5.74, 6) is -1.00. The zero-order chi connectivity index (χ0) is 12.8. The number of hydrogen-bond acceptors (Lipinski definition) is 3. The minimum absolute atomic E-state index is 0.0333. The minimum atomic E-state index is -0.901. The fourth-order valence-corrected chi connectivity index (χ4v) is 1.30. The SMILES string of the molecule is Cc1ccc(CC(=O)N(C)CCC(=O)O)cn1. The van der Waals surface area contributed by atoms with Gasteiger partial charge >= 0.3 is 5.97 Å². The number of nitrogens with zero attached hydrogens (tertiary/aromatic N) is 2. The Balaban J connectivity index is 2.48. The summed E-state index contributed by atoms with van der Waals surface area (Å²) in [4.78, 5) is 27.6. The number of aryl methyl sites for hydroxylation is 1. The summed E-state index contributed by atoms with van der Waals surface area (Å²) in [7, 11) is 1.60. The second-order valence-electron chi connectivity index (χ2n) is 3.94. The molecule has 0 aliphatic rings. The van der Waals surface area contributed by atoms with Crippen LogP contribution in [-0.2, 0) is 16.0 Å². The van der Waals surface area contributed by atoms with E-state index in [0.717, 1.165) is 11.3 Å². The zero-order valence-corrected chi connectivity index (χ0v) is 10.0. The molecular formula is C12H16N2O3. The molecule has 1 aromatic heterocycles. The average molecular weight is 236 g/mol. The number of carbonyl (C=O) groups excluding carboxylic acids is 1. The number of carbonyl (C=O) groups is 2. The first-order valence-corrected chi connectivity index (χ1v) is 5.36. The number of carboxylic acid groups (broad SMARTS) is 1.